The summed E-state index contributed by atoms with van der Waals surface area (Å²) in [6.45, 7) is 1.63. The van der Waals surface area contributed by atoms with Gasteiger partial charge in [-0.3, -0.25) is 4.98 Å². The van der Waals surface area contributed by atoms with Gasteiger partial charge in [-0.15, -0.1) is 0 Å². The number of aromatic nitrogens is 1. The highest BCUT2D eigenvalue weighted by Crippen LogP contribution is 2.18. The summed E-state index contributed by atoms with van der Waals surface area (Å²) >= 11 is 3.26. The van der Waals surface area contributed by atoms with Crippen molar-refractivity contribution in [2.24, 2.45) is 0 Å². The van der Waals surface area contributed by atoms with E-state index in [1.807, 2.05) is 0 Å². The van der Waals surface area contributed by atoms with Gasteiger partial charge in [0.1, 0.15) is 9.84 Å². The molecule has 1 aromatic heterocycles. The summed E-state index contributed by atoms with van der Waals surface area (Å²) in [6, 6.07) is 3.53. The molecule has 4 nitrogen and oxygen atoms in total. The number of hydrogen-bond acceptors (Lipinski definition) is 4. The average Bonchev–Trinajstić information content (AvgIpc) is 2.29. The molecule has 6 heteroatoms. The molecule has 0 spiro atoms. The van der Waals surface area contributed by atoms with Gasteiger partial charge in [0.15, 0.2) is 0 Å². The molecule has 0 radical (unpaired) electrons. The molecule has 1 rings (SSSR count). The van der Waals surface area contributed by atoms with Crippen LogP contribution in [0, 0.1) is 0 Å². The van der Waals surface area contributed by atoms with Crippen LogP contribution < -0.4 is 0 Å². The summed E-state index contributed by atoms with van der Waals surface area (Å²) in [6.07, 6.45) is 1.78. The second-order valence-corrected chi connectivity index (χ2v) is 7.18. The Bertz CT molecular complexity index is 444. The average molecular weight is 322 g/mol. The zero-order valence-corrected chi connectivity index (χ0v) is 12.0. The SMILES string of the molecule is CCS(=O)(=O)CCCC(O)c1ccc(Br)cn1. The second kappa shape index (κ2) is 6.47. The van der Waals surface area contributed by atoms with Crippen LogP contribution in [0.3, 0.4) is 0 Å². The molecule has 0 saturated carbocycles. The number of nitrogens with zero attached hydrogens (tertiary/aromatic N) is 1. The first kappa shape index (κ1) is 14.6. The summed E-state index contributed by atoms with van der Waals surface area (Å²) in [5.41, 5.74) is 0.571. The molecule has 96 valence electrons. The Labute approximate surface area is 110 Å². The minimum atomic E-state index is -2.94. The molecule has 0 fully saturated rings. The molecular formula is C11H16BrNO3S. The standard InChI is InChI=1S/C11H16BrNO3S/c1-2-17(15,16)7-3-4-11(14)10-6-5-9(12)8-13-10/h5-6,8,11,14H,2-4,7H2,1H3. The van der Waals surface area contributed by atoms with Gasteiger partial charge in [-0.25, -0.2) is 8.42 Å². The number of aliphatic hydroxyl groups is 1. The quantitative estimate of drug-likeness (QED) is 0.871. The van der Waals surface area contributed by atoms with Crippen LogP contribution in [-0.2, 0) is 9.84 Å². The number of hydrogen-bond donors (Lipinski definition) is 1. The van der Waals surface area contributed by atoms with Crippen LogP contribution in [-0.4, -0.2) is 30.0 Å². The largest absolute Gasteiger partial charge is 0.387 e. The second-order valence-electron chi connectivity index (χ2n) is 3.80. The molecular weight excluding hydrogens is 306 g/mol. The maximum atomic E-state index is 11.3. The van der Waals surface area contributed by atoms with E-state index in [9.17, 15) is 13.5 Å². The highest BCUT2D eigenvalue weighted by atomic mass is 79.9. The lowest BCUT2D eigenvalue weighted by Gasteiger charge is -2.09. The predicted octanol–water partition coefficient (Wildman–Crippen LogP) is 2.09. The lowest BCUT2D eigenvalue weighted by molar-refractivity contribution is 0.162. The van der Waals surface area contributed by atoms with Crippen molar-refractivity contribution in [3.8, 4) is 0 Å². The first-order valence-electron chi connectivity index (χ1n) is 5.44. The fraction of sp³-hybridized carbons (Fsp3) is 0.545. The smallest absolute Gasteiger partial charge is 0.150 e. The number of sulfone groups is 1. The Morgan fingerprint density at radius 3 is 2.71 bits per heavy atom. The highest BCUT2D eigenvalue weighted by molar-refractivity contribution is 9.10. The fourth-order valence-corrected chi connectivity index (χ4v) is 2.50. The van der Waals surface area contributed by atoms with Crippen molar-refractivity contribution in [2.75, 3.05) is 11.5 Å². The highest BCUT2D eigenvalue weighted by Gasteiger charge is 2.12. The normalized spacial score (nSPS) is 13.6. The molecule has 1 heterocycles. The molecule has 0 aromatic carbocycles. The molecule has 17 heavy (non-hydrogen) atoms. The van der Waals surface area contributed by atoms with Crippen LogP contribution >= 0.6 is 15.9 Å². The van der Waals surface area contributed by atoms with E-state index in [0.29, 0.717) is 18.5 Å². The number of aliphatic hydroxyl groups excluding tert-OH is 1. The Morgan fingerprint density at radius 1 is 1.47 bits per heavy atom. The van der Waals surface area contributed by atoms with Crippen LogP contribution in [0.15, 0.2) is 22.8 Å². The van der Waals surface area contributed by atoms with Crippen molar-refractivity contribution in [1.82, 2.24) is 4.98 Å². The van der Waals surface area contributed by atoms with Gasteiger partial charge in [-0.1, -0.05) is 6.92 Å². The summed E-state index contributed by atoms with van der Waals surface area (Å²) in [5, 5.41) is 9.81. The van der Waals surface area contributed by atoms with Crippen molar-refractivity contribution in [3.63, 3.8) is 0 Å². The summed E-state index contributed by atoms with van der Waals surface area (Å²) in [5.74, 6) is 0.275. The van der Waals surface area contributed by atoms with Gasteiger partial charge in [0.05, 0.1) is 17.6 Å². The van der Waals surface area contributed by atoms with Crippen LogP contribution in [0.5, 0.6) is 0 Å². The van der Waals surface area contributed by atoms with Crippen molar-refractivity contribution in [2.45, 2.75) is 25.9 Å². The maximum Gasteiger partial charge on any atom is 0.150 e. The number of rotatable bonds is 6. The van der Waals surface area contributed by atoms with E-state index in [4.69, 9.17) is 0 Å². The van der Waals surface area contributed by atoms with Crippen LogP contribution in [0.25, 0.3) is 0 Å². The fourth-order valence-electron chi connectivity index (χ4n) is 1.37. The summed E-state index contributed by atoms with van der Waals surface area (Å²) in [7, 11) is -2.94. The topological polar surface area (TPSA) is 67.3 Å². The van der Waals surface area contributed by atoms with Crippen LogP contribution in [0.4, 0.5) is 0 Å². The first-order chi connectivity index (χ1) is 7.94. The van der Waals surface area contributed by atoms with Gasteiger partial charge in [-0.2, -0.15) is 0 Å². The molecule has 1 N–H and O–H groups in total. The van der Waals surface area contributed by atoms with Crippen molar-refractivity contribution in [3.05, 3.63) is 28.5 Å². The van der Waals surface area contributed by atoms with E-state index in [0.717, 1.165) is 4.47 Å². The van der Waals surface area contributed by atoms with E-state index in [1.165, 1.54) is 0 Å². The zero-order valence-electron chi connectivity index (χ0n) is 9.63. The lowest BCUT2D eigenvalue weighted by Crippen LogP contribution is -2.10. The number of pyridine rings is 1. The van der Waals surface area contributed by atoms with Gasteiger partial charge in [0.2, 0.25) is 0 Å². The van der Waals surface area contributed by atoms with E-state index in [1.54, 1.807) is 25.3 Å². The zero-order chi connectivity index (χ0) is 12.9. The summed E-state index contributed by atoms with van der Waals surface area (Å²) < 4.78 is 23.4. The minimum Gasteiger partial charge on any atom is -0.387 e. The van der Waals surface area contributed by atoms with Gasteiger partial charge in [0.25, 0.3) is 0 Å². The monoisotopic (exact) mass is 321 g/mol. The van der Waals surface area contributed by atoms with Gasteiger partial charge >= 0.3 is 0 Å². The van der Waals surface area contributed by atoms with Gasteiger partial charge < -0.3 is 5.11 Å². The molecule has 0 amide bonds. The van der Waals surface area contributed by atoms with E-state index in [-0.39, 0.29) is 11.5 Å². The predicted molar refractivity (Wildman–Crippen MR) is 70.5 cm³/mol. The third kappa shape index (κ3) is 5.14. The van der Waals surface area contributed by atoms with E-state index < -0.39 is 15.9 Å². The Hall–Kier alpha value is -0.460. The van der Waals surface area contributed by atoms with Crippen molar-refractivity contribution >= 4 is 25.8 Å². The first-order valence-corrected chi connectivity index (χ1v) is 8.06. The molecule has 0 aliphatic heterocycles. The Kier molecular flexibility index (Phi) is 5.55. The van der Waals surface area contributed by atoms with E-state index in [2.05, 4.69) is 20.9 Å². The van der Waals surface area contributed by atoms with Crippen molar-refractivity contribution < 1.29 is 13.5 Å². The van der Waals surface area contributed by atoms with Gasteiger partial charge in [-0.05, 0) is 40.9 Å². The Morgan fingerprint density at radius 2 is 2.18 bits per heavy atom. The number of halogens is 1. The summed E-state index contributed by atoms with van der Waals surface area (Å²) in [4.78, 5) is 4.07. The third-order valence-corrected chi connectivity index (χ3v) is 4.72. The molecule has 0 aliphatic rings. The van der Waals surface area contributed by atoms with Gasteiger partial charge in [0, 0.05) is 16.4 Å². The van der Waals surface area contributed by atoms with Crippen LogP contribution in [0.2, 0.25) is 0 Å². The minimum absolute atomic E-state index is 0.122. The van der Waals surface area contributed by atoms with Crippen LogP contribution in [0.1, 0.15) is 31.6 Å². The molecule has 0 aliphatic carbocycles. The van der Waals surface area contributed by atoms with Crippen molar-refractivity contribution in [1.29, 1.82) is 0 Å². The third-order valence-electron chi connectivity index (χ3n) is 2.46. The van der Waals surface area contributed by atoms with E-state index >= 15 is 0 Å². The maximum absolute atomic E-state index is 11.3. The molecule has 0 saturated heterocycles. The molecule has 1 atom stereocenters. The molecule has 1 aromatic rings. The lowest BCUT2D eigenvalue weighted by atomic mass is 10.1. The Balaban J connectivity index is 2.45. The molecule has 1 unspecified atom stereocenters. The molecule has 0 bridgehead atoms.